The van der Waals surface area contributed by atoms with E-state index in [1.165, 1.54) is 18.4 Å². The summed E-state index contributed by atoms with van der Waals surface area (Å²) in [6.45, 7) is 5.71. The number of carbonyl (C=O) groups excluding carboxylic acids is 2. The maximum atomic E-state index is 12.5. The second-order valence-corrected chi connectivity index (χ2v) is 9.18. The average molecular weight is 484 g/mol. The molecule has 186 valence electrons. The van der Waals surface area contributed by atoms with Crippen LogP contribution in [-0.4, -0.2) is 11.9 Å². The normalized spacial score (nSPS) is 12.3. The van der Waals surface area contributed by atoms with Gasteiger partial charge in [-0.05, 0) is 79.3 Å². The number of rotatable bonds is 11. The first-order chi connectivity index (χ1) is 17.4. The molecule has 3 aromatic rings. The molecule has 0 aromatic heterocycles. The molecule has 3 aromatic carbocycles. The molecule has 0 aliphatic rings. The molecule has 0 N–H and O–H groups in total. The van der Waals surface area contributed by atoms with E-state index in [0.29, 0.717) is 23.5 Å². The summed E-state index contributed by atoms with van der Waals surface area (Å²) >= 11 is 0. The highest BCUT2D eigenvalue weighted by Crippen LogP contribution is 2.28. The number of esters is 2. The van der Waals surface area contributed by atoms with Gasteiger partial charge in [0, 0.05) is 0 Å². The minimum atomic E-state index is -1.16. The molecule has 0 saturated heterocycles. The zero-order chi connectivity index (χ0) is 26.0. The van der Waals surface area contributed by atoms with E-state index < -0.39 is 11.4 Å². The predicted octanol–water partition coefficient (Wildman–Crippen LogP) is 7.54. The molecular weight excluding hydrogens is 450 g/mol. The molecule has 36 heavy (non-hydrogen) atoms. The third-order valence-electron chi connectivity index (χ3n) is 6.17. The molecule has 0 aliphatic heterocycles. The first kappa shape index (κ1) is 26.7. The maximum Gasteiger partial charge on any atom is 0.343 e. The fourth-order valence-corrected chi connectivity index (χ4v) is 3.91. The van der Waals surface area contributed by atoms with E-state index in [0.717, 1.165) is 30.4 Å². The SMILES string of the molecule is CCCCCc1ccc(C(=O)Oc2ccc(-c3ccc(OC(=O)C(C)(C#N)CCC)cc3)cc2)cc1. The fourth-order valence-electron chi connectivity index (χ4n) is 3.91. The number of hydrogen-bond acceptors (Lipinski definition) is 5. The van der Waals surface area contributed by atoms with Crippen LogP contribution in [0.3, 0.4) is 0 Å². The highest BCUT2D eigenvalue weighted by atomic mass is 16.5. The highest BCUT2D eigenvalue weighted by Gasteiger charge is 2.34. The Morgan fingerprint density at radius 2 is 1.33 bits per heavy atom. The summed E-state index contributed by atoms with van der Waals surface area (Å²) in [6.07, 6.45) is 5.73. The van der Waals surface area contributed by atoms with E-state index >= 15 is 0 Å². The Hall–Kier alpha value is -3.91. The third-order valence-corrected chi connectivity index (χ3v) is 6.17. The summed E-state index contributed by atoms with van der Waals surface area (Å²) in [5.41, 5.74) is 2.44. The van der Waals surface area contributed by atoms with Gasteiger partial charge in [-0.15, -0.1) is 0 Å². The van der Waals surface area contributed by atoms with Crippen LogP contribution < -0.4 is 9.47 Å². The van der Waals surface area contributed by atoms with Gasteiger partial charge < -0.3 is 9.47 Å². The van der Waals surface area contributed by atoms with Crippen LogP contribution in [0.2, 0.25) is 0 Å². The van der Waals surface area contributed by atoms with E-state index in [2.05, 4.69) is 13.0 Å². The Morgan fingerprint density at radius 1 is 0.778 bits per heavy atom. The van der Waals surface area contributed by atoms with Crippen molar-refractivity contribution >= 4 is 11.9 Å². The Morgan fingerprint density at radius 3 is 1.83 bits per heavy atom. The monoisotopic (exact) mass is 483 g/mol. The minimum Gasteiger partial charge on any atom is -0.425 e. The molecule has 0 aliphatic carbocycles. The first-order valence-electron chi connectivity index (χ1n) is 12.5. The number of unbranched alkanes of at least 4 members (excludes halogenated alkanes) is 2. The summed E-state index contributed by atoms with van der Waals surface area (Å²) in [5.74, 6) is -0.0744. The zero-order valence-electron chi connectivity index (χ0n) is 21.3. The van der Waals surface area contributed by atoms with Crippen molar-refractivity contribution in [1.29, 1.82) is 5.26 Å². The fraction of sp³-hybridized carbons (Fsp3) is 0.323. The third kappa shape index (κ3) is 7.05. The van der Waals surface area contributed by atoms with Gasteiger partial charge in [-0.1, -0.05) is 69.5 Å². The summed E-state index contributed by atoms with van der Waals surface area (Å²) in [5, 5.41) is 9.36. The molecule has 0 saturated carbocycles. The number of hydrogen-bond donors (Lipinski definition) is 0. The highest BCUT2D eigenvalue weighted by molar-refractivity contribution is 5.91. The van der Waals surface area contributed by atoms with Gasteiger partial charge in [0.25, 0.3) is 0 Å². The summed E-state index contributed by atoms with van der Waals surface area (Å²) in [6, 6.07) is 24.0. The number of nitrogens with zero attached hydrogens (tertiary/aromatic N) is 1. The van der Waals surface area contributed by atoms with E-state index in [1.54, 1.807) is 31.2 Å². The second kappa shape index (κ2) is 12.7. The van der Waals surface area contributed by atoms with E-state index in [-0.39, 0.29) is 5.97 Å². The largest absolute Gasteiger partial charge is 0.425 e. The Bertz CT molecular complexity index is 1190. The van der Waals surface area contributed by atoms with Gasteiger partial charge in [0.05, 0.1) is 11.6 Å². The number of carbonyl (C=O) groups is 2. The van der Waals surface area contributed by atoms with Crippen molar-refractivity contribution in [2.45, 2.75) is 59.3 Å². The van der Waals surface area contributed by atoms with Crippen molar-refractivity contribution in [3.63, 3.8) is 0 Å². The van der Waals surface area contributed by atoms with Crippen LogP contribution in [0.25, 0.3) is 11.1 Å². The van der Waals surface area contributed by atoms with Gasteiger partial charge in [-0.2, -0.15) is 5.26 Å². The molecule has 3 rings (SSSR count). The quantitative estimate of drug-likeness (QED) is 0.160. The van der Waals surface area contributed by atoms with Crippen LogP contribution in [0.4, 0.5) is 0 Å². The summed E-state index contributed by atoms with van der Waals surface area (Å²) in [7, 11) is 0. The van der Waals surface area contributed by atoms with Gasteiger partial charge >= 0.3 is 11.9 Å². The molecule has 1 unspecified atom stereocenters. The molecule has 0 amide bonds. The molecule has 1 atom stereocenters. The lowest BCUT2D eigenvalue weighted by molar-refractivity contribution is -0.142. The van der Waals surface area contributed by atoms with Crippen LogP contribution in [0, 0.1) is 16.7 Å². The summed E-state index contributed by atoms with van der Waals surface area (Å²) < 4.78 is 11.0. The van der Waals surface area contributed by atoms with E-state index in [9.17, 15) is 14.9 Å². The van der Waals surface area contributed by atoms with Gasteiger partial charge in [0.2, 0.25) is 0 Å². The topological polar surface area (TPSA) is 76.4 Å². The molecule has 0 radical (unpaired) electrons. The molecule has 0 heterocycles. The maximum absolute atomic E-state index is 12.5. The Balaban J connectivity index is 1.59. The van der Waals surface area contributed by atoms with Crippen molar-refractivity contribution in [2.24, 2.45) is 5.41 Å². The lowest BCUT2D eigenvalue weighted by Gasteiger charge is -2.18. The Labute approximate surface area is 213 Å². The molecule has 0 spiro atoms. The van der Waals surface area contributed by atoms with E-state index in [4.69, 9.17) is 9.47 Å². The smallest absolute Gasteiger partial charge is 0.343 e. The van der Waals surface area contributed by atoms with Crippen molar-refractivity contribution in [2.75, 3.05) is 0 Å². The molecule has 5 nitrogen and oxygen atoms in total. The van der Waals surface area contributed by atoms with Crippen LogP contribution in [0.1, 0.15) is 68.8 Å². The number of benzene rings is 3. The molecule has 0 bridgehead atoms. The Kier molecular flexibility index (Phi) is 9.41. The lowest BCUT2D eigenvalue weighted by atomic mass is 9.87. The second-order valence-electron chi connectivity index (χ2n) is 9.18. The lowest BCUT2D eigenvalue weighted by Crippen LogP contribution is -2.30. The van der Waals surface area contributed by atoms with E-state index in [1.807, 2.05) is 55.5 Å². The van der Waals surface area contributed by atoms with Gasteiger partial charge in [-0.25, -0.2) is 9.59 Å². The van der Waals surface area contributed by atoms with Gasteiger partial charge in [-0.3, -0.25) is 0 Å². The van der Waals surface area contributed by atoms with Crippen LogP contribution in [-0.2, 0) is 11.2 Å². The number of aryl methyl sites for hydroxylation is 1. The molecule has 5 heteroatoms. The standard InChI is InChI=1S/C31H33NO4/c1-4-6-7-8-23-9-11-26(12-10-23)29(33)35-27-17-13-24(14-18-27)25-15-19-28(20-16-25)36-30(34)31(3,22-32)21-5-2/h9-20H,4-8,21H2,1-3H3. The van der Waals surface area contributed by atoms with Crippen molar-refractivity contribution < 1.29 is 19.1 Å². The average Bonchev–Trinajstić information content (AvgIpc) is 2.90. The van der Waals surface area contributed by atoms with Crippen LogP contribution in [0.15, 0.2) is 72.8 Å². The van der Waals surface area contributed by atoms with Gasteiger partial charge in [0.15, 0.2) is 5.41 Å². The predicted molar refractivity (Wildman–Crippen MR) is 141 cm³/mol. The van der Waals surface area contributed by atoms with Gasteiger partial charge in [0.1, 0.15) is 11.5 Å². The molecular formula is C31H33NO4. The zero-order valence-corrected chi connectivity index (χ0v) is 21.3. The minimum absolute atomic E-state index is 0.388. The van der Waals surface area contributed by atoms with Crippen LogP contribution in [0.5, 0.6) is 11.5 Å². The number of ether oxygens (including phenoxy) is 2. The van der Waals surface area contributed by atoms with Crippen molar-refractivity contribution in [3.8, 4) is 28.7 Å². The van der Waals surface area contributed by atoms with Crippen molar-refractivity contribution in [1.82, 2.24) is 0 Å². The first-order valence-corrected chi connectivity index (χ1v) is 12.5. The molecule has 0 fully saturated rings. The summed E-state index contributed by atoms with van der Waals surface area (Å²) in [4.78, 5) is 24.9. The number of nitriles is 1. The van der Waals surface area contributed by atoms with Crippen LogP contribution >= 0.6 is 0 Å². The van der Waals surface area contributed by atoms with Crippen molar-refractivity contribution in [3.05, 3.63) is 83.9 Å².